The van der Waals surface area contributed by atoms with Crippen molar-refractivity contribution in [3.63, 3.8) is 0 Å². The molecule has 3 aromatic rings. The minimum atomic E-state index is -0.344. The third-order valence-electron chi connectivity index (χ3n) is 4.56. The van der Waals surface area contributed by atoms with Crippen LogP contribution in [0.2, 0.25) is 0 Å². The van der Waals surface area contributed by atoms with Crippen molar-refractivity contribution in [2.45, 2.75) is 38.5 Å². The number of carbonyl (C=O) groups excluding carboxylic acids is 1. The Bertz CT molecular complexity index is 946. The van der Waals surface area contributed by atoms with E-state index in [1.165, 1.54) is 29.9 Å². The molecule has 0 bridgehead atoms. The van der Waals surface area contributed by atoms with Crippen LogP contribution in [0.3, 0.4) is 0 Å². The van der Waals surface area contributed by atoms with Crippen LogP contribution in [-0.2, 0) is 11.2 Å². The highest BCUT2D eigenvalue weighted by atomic mass is 32.1. The summed E-state index contributed by atoms with van der Waals surface area (Å²) in [6, 6.07) is 7.92. The molecule has 0 saturated heterocycles. The second-order valence-corrected chi connectivity index (χ2v) is 7.78. The average Bonchev–Trinajstić information content (AvgIpc) is 3.13. The highest BCUT2D eigenvalue weighted by molar-refractivity contribution is 7.16. The van der Waals surface area contributed by atoms with Gasteiger partial charge >= 0.3 is 0 Å². The molecule has 0 unspecified atom stereocenters. The summed E-state index contributed by atoms with van der Waals surface area (Å²) in [5.74, 6) is 1.12. The molecule has 1 amide bonds. The zero-order valence-corrected chi connectivity index (χ0v) is 15.1. The van der Waals surface area contributed by atoms with Gasteiger partial charge in [0, 0.05) is 10.8 Å². The molecule has 2 aromatic heterocycles. The van der Waals surface area contributed by atoms with Gasteiger partial charge in [0.1, 0.15) is 5.82 Å². The molecule has 1 N–H and O–H groups in total. The summed E-state index contributed by atoms with van der Waals surface area (Å²) in [4.78, 5) is 18.6. The van der Waals surface area contributed by atoms with Crippen LogP contribution >= 0.6 is 11.3 Å². The molecule has 7 heteroatoms. The number of anilines is 1. The number of amides is 1. The number of nitrogens with one attached hydrogen (secondary N) is 1. The van der Waals surface area contributed by atoms with E-state index >= 15 is 0 Å². The Labute approximate surface area is 154 Å². The molecule has 0 atom stereocenters. The van der Waals surface area contributed by atoms with Crippen molar-refractivity contribution in [3.05, 3.63) is 52.5 Å². The molecule has 1 fully saturated rings. The lowest BCUT2D eigenvalue weighted by Gasteiger charge is -2.20. The Balaban J connectivity index is 1.46. The smallest absolute Gasteiger partial charge is 0.230 e. The van der Waals surface area contributed by atoms with Gasteiger partial charge in [0.2, 0.25) is 17.6 Å². The van der Waals surface area contributed by atoms with Gasteiger partial charge in [-0.15, -0.1) is 11.3 Å². The Morgan fingerprint density at radius 3 is 2.96 bits per heavy atom. The van der Waals surface area contributed by atoms with Crippen LogP contribution in [0.15, 0.2) is 34.9 Å². The molecule has 1 aliphatic rings. The minimum absolute atomic E-state index is 0.121. The van der Waals surface area contributed by atoms with Crippen LogP contribution in [-0.4, -0.2) is 16.0 Å². The third kappa shape index (κ3) is 3.53. The number of benzene rings is 1. The lowest BCUT2D eigenvalue weighted by Crippen LogP contribution is -2.14. The summed E-state index contributed by atoms with van der Waals surface area (Å²) in [7, 11) is 0. The van der Waals surface area contributed by atoms with E-state index < -0.39 is 0 Å². The van der Waals surface area contributed by atoms with E-state index in [1.54, 1.807) is 12.1 Å². The molecule has 134 valence electrons. The van der Waals surface area contributed by atoms with Crippen LogP contribution < -0.4 is 5.32 Å². The standard InChI is InChI=1S/C19H18FN3O2S/c1-11-15(21-17(24)9-12-4-2-7-14(20)8-12)10-16(26-11)18-22-19(25-23-18)13-5-3-6-13/h2,4,7-8,10,13H,3,5-6,9H2,1H3,(H,21,24). The number of aromatic nitrogens is 2. The summed E-state index contributed by atoms with van der Waals surface area (Å²) in [6.45, 7) is 1.93. The summed E-state index contributed by atoms with van der Waals surface area (Å²) in [5.41, 5.74) is 1.36. The molecule has 1 aromatic carbocycles. The van der Waals surface area contributed by atoms with E-state index in [-0.39, 0.29) is 18.1 Å². The first kappa shape index (κ1) is 16.9. The third-order valence-corrected chi connectivity index (χ3v) is 5.61. The second-order valence-electron chi connectivity index (χ2n) is 6.52. The predicted molar refractivity (Wildman–Crippen MR) is 97.7 cm³/mol. The van der Waals surface area contributed by atoms with Gasteiger partial charge in [0.05, 0.1) is 17.0 Å². The Morgan fingerprint density at radius 1 is 1.38 bits per heavy atom. The number of carbonyl (C=O) groups is 1. The molecule has 0 aliphatic heterocycles. The molecule has 1 aliphatic carbocycles. The SMILES string of the molecule is Cc1sc(-c2noc(C3CCC3)n2)cc1NC(=O)Cc1cccc(F)c1. The van der Waals surface area contributed by atoms with E-state index in [4.69, 9.17) is 4.52 Å². The highest BCUT2D eigenvalue weighted by Gasteiger charge is 2.26. The van der Waals surface area contributed by atoms with Crippen molar-refractivity contribution in [3.8, 4) is 10.7 Å². The van der Waals surface area contributed by atoms with Crippen LogP contribution in [0.5, 0.6) is 0 Å². The van der Waals surface area contributed by atoms with E-state index in [9.17, 15) is 9.18 Å². The number of rotatable bonds is 5. The predicted octanol–water partition coefficient (Wildman–Crippen LogP) is 4.69. The Hall–Kier alpha value is -2.54. The molecule has 5 nitrogen and oxygen atoms in total. The number of thiophene rings is 1. The molecule has 4 rings (SSSR count). The van der Waals surface area contributed by atoms with Crippen LogP contribution in [0, 0.1) is 12.7 Å². The number of hydrogen-bond donors (Lipinski definition) is 1. The minimum Gasteiger partial charge on any atom is -0.339 e. The van der Waals surface area contributed by atoms with E-state index in [0.29, 0.717) is 23.2 Å². The van der Waals surface area contributed by atoms with Crippen molar-refractivity contribution in [2.24, 2.45) is 0 Å². The fraction of sp³-hybridized carbons (Fsp3) is 0.316. The first-order chi connectivity index (χ1) is 12.6. The van der Waals surface area contributed by atoms with Crippen molar-refractivity contribution in [2.75, 3.05) is 5.32 Å². The maximum absolute atomic E-state index is 13.2. The summed E-state index contributed by atoms with van der Waals surface area (Å²) in [5, 5.41) is 6.95. The molecule has 2 heterocycles. The van der Waals surface area contributed by atoms with Gasteiger partial charge < -0.3 is 9.84 Å². The number of aryl methyl sites for hydroxylation is 1. The zero-order valence-electron chi connectivity index (χ0n) is 14.3. The van der Waals surface area contributed by atoms with Crippen molar-refractivity contribution >= 4 is 22.9 Å². The van der Waals surface area contributed by atoms with E-state index in [0.717, 1.165) is 28.3 Å². The van der Waals surface area contributed by atoms with E-state index in [2.05, 4.69) is 15.5 Å². The van der Waals surface area contributed by atoms with Gasteiger partial charge in [-0.25, -0.2) is 4.39 Å². The topological polar surface area (TPSA) is 68.0 Å². The lowest BCUT2D eigenvalue weighted by atomic mass is 9.85. The number of hydrogen-bond acceptors (Lipinski definition) is 5. The quantitative estimate of drug-likeness (QED) is 0.706. The molecular formula is C19H18FN3O2S. The highest BCUT2D eigenvalue weighted by Crippen LogP contribution is 2.38. The van der Waals surface area contributed by atoms with Gasteiger partial charge in [0.15, 0.2) is 0 Å². The zero-order chi connectivity index (χ0) is 18.1. The maximum atomic E-state index is 13.2. The van der Waals surface area contributed by atoms with Gasteiger partial charge in [0.25, 0.3) is 0 Å². The van der Waals surface area contributed by atoms with Gasteiger partial charge in [-0.2, -0.15) is 4.98 Å². The van der Waals surface area contributed by atoms with Crippen LogP contribution in [0.25, 0.3) is 10.7 Å². The van der Waals surface area contributed by atoms with Crippen LogP contribution in [0.4, 0.5) is 10.1 Å². The number of halogens is 1. The first-order valence-corrected chi connectivity index (χ1v) is 9.39. The molecule has 1 saturated carbocycles. The molecule has 0 spiro atoms. The lowest BCUT2D eigenvalue weighted by molar-refractivity contribution is -0.115. The fourth-order valence-corrected chi connectivity index (χ4v) is 3.80. The van der Waals surface area contributed by atoms with Crippen molar-refractivity contribution < 1.29 is 13.7 Å². The normalized spacial score (nSPS) is 14.2. The van der Waals surface area contributed by atoms with Crippen LogP contribution in [0.1, 0.15) is 41.5 Å². The summed E-state index contributed by atoms with van der Waals surface area (Å²) < 4.78 is 18.6. The maximum Gasteiger partial charge on any atom is 0.230 e. The van der Waals surface area contributed by atoms with Gasteiger partial charge in [-0.1, -0.05) is 23.7 Å². The van der Waals surface area contributed by atoms with E-state index in [1.807, 2.05) is 13.0 Å². The second kappa shape index (κ2) is 6.99. The summed E-state index contributed by atoms with van der Waals surface area (Å²) in [6.07, 6.45) is 3.54. The Kier molecular flexibility index (Phi) is 4.55. The number of nitrogens with zero attached hydrogens (tertiary/aromatic N) is 2. The monoisotopic (exact) mass is 371 g/mol. The first-order valence-electron chi connectivity index (χ1n) is 8.57. The fourth-order valence-electron chi connectivity index (χ4n) is 2.90. The molecular weight excluding hydrogens is 353 g/mol. The average molecular weight is 371 g/mol. The Morgan fingerprint density at radius 2 is 2.23 bits per heavy atom. The van der Waals surface area contributed by atoms with Gasteiger partial charge in [-0.3, -0.25) is 4.79 Å². The van der Waals surface area contributed by atoms with Gasteiger partial charge in [-0.05, 0) is 43.5 Å². The molecule has 0 radical (unpaired) electrons. The summed E-state index contributed by atoms with van der Waals surface area (Å²) >= 11 is 1.51. The van der Waals surface area contributed by atoms with Crippen molar-refractivity contribution in [1.82, 2.24) is 10.1 Å². The van der Waals surface area contributed by atoms with Crippen molar-refractivity contribution in [1.29, 1.82) is 0 Å². The largest absolute Gasteiger partial charge is 0.339 e. The molecule has 26 heavy (non-hydrogen) atoms.